The third kappa shape index (κ3) is 3.46. The molecule has 7 nitrogen and oxygen atoms in total. The van der Waals surface area contributed by atoms with Crippen molar-refractivity contribution < 1.29 is 18.0 Å². The molecule has 4 rings (SSSR count). The first-order valence-electron chi connectivity index (χ1n) is 7.45. The number of thiazole rings is 1. The molecule has 4 aromatic rings. The van der Waals surface area contributed by atoms with Gasteiger partial charge in [0.2, 0.25) is 5.91 Å². The van der Waals surface area contributed by atoms with Crippen molar-refractivity contribution in [3.8, 4) is 11.5 Å². The first kappa shape index (κ1) is 16.7. The molecule has 1 aromatic carbocycles. The molecule has 0 saturated heterocycles. The van der Waals surface area contributed by atoms with E-state index in [1.807, 2.05) is 0 Å². The van der Waals surface area contributed by atoms with Crippen molar-refractivity contribution in [3.63, 3.8) is 0 Å². The normalized spacial score (nSPS) is 11.2. The number of aromatic nitrogens is 3. The summed E-state index contributed by atoms with van der Waals surface area (Å²) in [6.07, 6.45) is 1.54. The van der Waals surface area contributed by atoms with Gasteiger partial charge in [-0.15, -0.1) is 10.2 Å². The van der Waals surface area contributed by atoms with Gasteiger partial charge in [-0.25, -0.2) is 9.37 Å². The minimum Gasteiger partial charge on any atom is -0.469 e. The molecule has 0 bridgehead atoms. The van der Waals surface area contributed by atoms with Gasteiger partial charge in [-0.1, -0.05) is 23.1 Å². The lowest BCUT2D eigenvalue weighted by Gasteiger charge is -1.98. The molecule has 10 heteroatoms. The van der Waals surface area contributed by atoms with Crippen LogP contribution < -0.4 is 5.32 Å². The fourth-order valence-corrected chi connectivity index (χ4v) is 3.69. The molecule has 0 unspecified atom stereocenters. The van der Waals surface area contributed by atoms with Gasteiger partial charge in [0.05, 0.1) is 27.8 Å². The maximum Gasteiger partial charge on any atom is 0.277 e. The zero-order chi connectivity index (χ0) is 18.1. The van der Waals surface area contributed by atoms with Crippen molar-refractivity contribution >= 4 is 44.4 Å². The summed E-state index contributed by atoms with van der Waals surface area (Å²) in [5, 5.41) is 11.2. The molecule has 0 spiro atoms. The number of furan rings is 1. The summed E-state index contributed by atoms with van der Waals surface area (Å²) in [6, 6.07) is 6.02. The van der Waals surface area contributed by atoms with Crippen molar-refractivity contribution in [1.82, 2.24) is 15.2 Å². The molecule has 0 aliphatic rings. The highest BCUT2D eigenvalue weighted by Crippen LogP contribution is 2.28. The molecule has 3 heterocycles. The number of rotatable bonds is 5. The van der Waals surface area contributed by atoms with Gasteiger partial charge in [-0.2, -0.15) is 0 Å². The van der Waals surface area contributed by atoms with E-state index in [1.165, 1.54) is 23.5 Å². The predicted octanol–water partition coefficient (Wildman–Crippen LogP) is 4.12. The van der Waals surface area contributed by atoms with Gasteiger partial charge in [-0.05, 0) is 31.2 Å². The lowest BCUT2D eigenvalue weighted by atomic mass is 10.3. The number of anilines is 1. The van der Waals surface area contributed by atoms with Crippen LogP contribution in [0.2, 0.25) is 0 Å². The Bertz CT molecular complexity index is 1090. The molecular weight excluding hydrogens is 379 g/mol. The third-order valence-electron chi connectivity index (χ3n) is 3.42. The lowest BCUT2D eigenvalue weighted by Crippen LogP contribution is -2.13. The second-order valence-electron chi connectivity index (χ2n) is 5.23. The fraction of sp³-hybridized carbons (Fsp3) is 0.125. The van der Waals surface area contributed by atoms with Crippen LogP contribution in [0.15, 0.2) is 44.6 Å². The number of halogens is 1. The highest BCUT2D eigenvalue weighted by molar-refractivity contribution is 7.99. The van der Waals surface area contributed by atoms with E-state index in [1.54, 1.807) is 25.3 Å². The Morgan fingerprint density at radius 3 is 3.04 bits per heavy atom. The number of hydrogen-bond donors (Lipinski definition) is 1. The Labute approximate surface area is 154 Å². The maximum atomic E-state index is 13.2. The van der Waals surface area contributed by atoms with Crippen molar-refractivity contribution in [1.29, 1.82) is 0 Å². The summed E-state index contributed by atoms with van der Waals surface area (Å²) in [4.78, 5) is 16.3. The zero-order valence-corrected chi connectivity index (χ0v) is 15.0. The number of carbonyl (C=O) groups excluding carboxylic acids is 1. The van der Waals surface area contributed by atoms with E-state index in [9.17, 15) is 9.18 Å². The third-order valence-corrected chi connectivity index (χ3v) is 5.17. The average Bonchev–Trinajstić information content (AvgIpc) is 3.31. The van der Waals surface area contributed by atoms with Crippen LogP contribution in [0.25, 0.3) is 21.7 Å². The van der Waals surface area contributed by atoms with E-state index < -0.39 is 0 Å². The Morgan fingerprint density at radius 2 is 2.23 bits per heavy atom. The molecule has 0 aliphatic heterocycles. The number of aryl methyl sites for hydroxylation is 1. The lowest BCUT2D eigenvalue weighted by molar-refractivity contribution is -0.113. The van der Waals surface area contributed by atoms with Gasteiger partial charge in [0.1, 0.15) is 11.6 Å². The van der Waals surface area contributed by atoms with Crippen LogP contribution in [-0.4, -0.2) is 26.8 Å². The summed E-state index contributed by atoms with van der Waals surface area (Å²) < 4.78 is 24.6. The number of nitrogens with one attached hydrogen (secondary N) is 1. The largest absolute Gasteiger partial charge is 0.469 e. The van der Waals surface area contributed by atoms with Crippen LogP contribution in [-0.2, 0) is 4.79 Å². The average molecular weight is 390 g/mol. The molecule has 1 N–H and O–H groups in total. The van der Waals surface area contributed by atoms with Crippen molar-refractivity contribution in [2.24, 2.45) is 0 Å². The van der Waals surface area contributed by atoms with Crippen LogP contribution in [0.3, 0.4) is 0 Å². The molecule has 0 radical (unpaired) electrons. The minimum atomic E-state index is -0.338. The maximum absolute atomic E-state index is 13.2. The van der Waals surface area contributed by atoms with Crippen LogP contribution >= 0.6 is 23.1 Å². The highest BCUT2D eigenvalue weighted by atomic mass is 32.2. The number of nitrogens with zero attached hydrogens (tertiary/aromatic N) is 3. The van der Waals surface area contributed by atoms with Gasteiger partial charge in [-0.3, -0.25) is 4.79 Å². The number of carbonyl (C=O) groups is 1. The SMILES string of the molecule is Cc1occc1-c1nnc(SCC(=O)Nc2nc3ccc(F)cc3s2)o1. The van der Waals surface area contributed by atoms with Gasteiger partial charge < -0.3 is 14.2 Å². The van der Waals surface area contributed by atoms with E-state index in [2.05, 4.69) is 20.5 Å². The first-order valence-corrected chi connectivity index (χ1v) is 9.25. The number of fused-ring (bicyclic) bond motifs is 1. The Morgan fingerprint density at radius 1 is 1.35 bits per heavy atom. The van der Waals surface area contributed by atoms with E-state index in [0.29, 0.717) is 27.0 Å². The topological polar surface area (TPSA) is 94.0 Å². The molecule has 0 saturated carbocycles. The Kier molecular flexibility index (Phi) is 4.43. The second-order valence-corrected chi connectivity index (χ2v) is 7.19. The molecule has 0 fully saturated rings. The van der Waals surface area contributed by atoms with Crippen LogP contribution in [0.5, 0.6) is 0 Å². The van der Waals surface area contributed by atoms with Gasteiger partial charge in [0.15, 0.2) is 5.13 Å². The number of amides is 1. The quantitative estimate of drug-likeness (QED) is 0.512. The molecule has 0 atom stereocenters. The number of thioether (sulfide) groups is 1. The highest BCUT2D eigenvalue weighted by Gasteiger charge is 2.15. The predicted molar refractivity (Wildman–Crippen MR) is 95.7 cm³/mol. The van der Waals surface area contributed by atoms with Crippen molar-refractivity contribution in [3.05, 3.63) is 42.1 Å². The number of benzene rings is 1. The van der Waals surface area contributed by atoms with Crippen LogP contribution in [0.4, 0.5) is 9.52 Å². The second kappa shape index (κ2) is 6.89. The van der Waals surface area contributed by atoms with Gasteiger partial charge in [0.25, 0.3) is 11.1 Å². The monoisotopic (exact) mass is 390 g/mol. The molecule has 1 amide bonds. The molecule has 0 aliphatic carbocycles. The smallest absolute Gasteiger partial charge is 0.277 e. The summed E-state index contributed by atoms with van der Waals surface area (Å²) in [7, 11) is 0. The van der Waals surface area contributed by atoms with Crippen molar-refractivity contribution in [2.75, 3.05) is 11.1 Å². The van der Waals surface area contributed by atoms with E-state index in [0.717, 1.165) is 17.3 Å². The fourth-order valence-electron chi connectivity index (χ4n) is 2.22. The van der Waals surface area contributed by atoms with Gasteiger partial charge >= 0.3 is 0 Å². The minimum absolute atomic E-state index is 0.0797. The summed E-state index contributed by atoms with van der Waals surface area (Å²) in [5.74, 6) is 0.488. The summed E-state index contributed by atoms with van der Waals surface area (Å²) in [6.45, 7) is 1.80. The van der Waals surface area contributed by atoms with E-state index in [4.69, 9.17) is 8.83 Å². The first-order chi connectivity index (χ1) is 12.6. The molecule has 3 aromatic heterocycles. The van der Waals surface area contributed by atoms with E-state index >= 15 is 0 Å². The molecule has 132 valence electrons. The van der Waals surface area contributed by atoms with Gasteiger partial charge in [0, 0.05) is 0 Å². The zero-order valence-electron chi connectivity index (χ0n) is 13.4. The molecule has 26 heavy (non-hydrogen) atoms. The number of hydrogen-bond acceptors (Lipinski definition) is 8. The van der Waals surface area contributed by atoms with Crippen LogP contribution in [0, 0.1) is 12.7 Å². The van der Waals surface area contributed by atoms with Crippen molar-refractivity contribution in [2.45, 2.75) is 12.1 Å². The molecular formula is C16H11FN4O3S2. The van der Waals surface area contributed by atoms with Crippen LogP contribution in [0.1, 0.15) is 5.76 Å². The summed E-state index contributed by atoms with van der Waals surface area (Å²) in [5.41, 5.74) is 1.35. The standard InChI is InChI=1S/C16H11FN4O3S2/c1-8-10(4-5-23-8)14-20-21-16(24-14)25-7-13(22)19-15-18-11-3-2-9(17)6-12(11)26-15/h2-6H,7H2,1H3,(H,18,19,22). The van der Waals surface area contributed by atoms with E-state index in [-0.39, 0.29) is 22.7 Å². The Hall–Kier alpha value is -2.72. The Balaban J connectivity index is 1.38. The summed E-state index contributed by atoms with van der Waals surface area (Å²) >= 11 is 2.33.